The highest BCUT2D eigenvalue weighted by atomic mass is 32.2. The maximum Gasteiger partial charge on any atom is 0.407 e. The molecular formula is C54H62N2O20S. The number of aliphatic hydroxyl groups is 1. The highest BCUT2D eigenvalue weighted by Gasteiger charge is 2.79. The van der Waals surface area contributed by atoms with E-state index in [-0.39, 0.29) is 47.2 Å². The summed E-state index contributed by atoms with van der Waals surface area (Å²) >= 11 is 0. The van der Waals surface area contributed by atoms with Gasteiger partial charge in [-0.3, -0.25) is 23.7 Å². The van der Waals surface area contributed by atoms with E-state index in [4.69, 9.17) is 37.9 Å². The highest BCUT2D eigenvalue weighted by Crippen LogP contribution is 2.65. The lowest BCUT2D eigenvalue weighted by atomic mass is 9.44. The van der Waals surface area contributed by atoms with Gasteiger partial charge in [0.25, 0.3) is 16.0 Å². The first-order valence-electron chi connectivity index (χ1n) is 24.7. The average molecular weight is 1090 g/mol. The van der Waals surface area contributed by atoms with Crippen molar-refractivity contribution in [3.63, 3.8) is 0 Å². The van der Waals surface area contributed by atoms with Crippen LogP contribution in [0.1, 0.15) is 93.1 Å². The van der Waals surface area contributed by atoms with Crippen LogP contribution in [0, 0.1) is 16.7 Å². The number of benzene rings is 3. The molecule has 0 aromatic heterocycles. The summed E-state index contributed by atoms with van der Waals surface area (Å²) in [6.07, 6.45) is -13.1. The van der Waals surface area contributed by atoms with Crippen LogP contribution in [0.25, 0.3) is 0 Å². The van der Waals surface area contributed by atoms with E-state index in [9.17, 15) is 46.8 Å². The Morgan fingerprint density at radius 2 is 1.44 bits per heavy atom. The molecular weight excluding hydrogens is 1030 g/mol. The van der Waals surface area contributed by atoms with Crippen molar-refractivity contribution < 1.29 is 94.3 Å². The number of ether oxygens (including phenoxy) is 8. The molecule has 2 saturated carbocycles. The number of ketones is 1. The van der Waals surface area contributed by atoms with Crippen LogP contribution in [0.2, 0.25) is 0 Å². The lowest BCUT2D eigenvalue weighted by Crippen LogP contribution is -2.82. The summed E-state index contributed by atoms with van der Waals surface area (Å²) in [7, 11) is -3.20. The molecule has 22 nitrogen and oxygen atoms in total. The van der Waals surface area contributed by atoms with Gasteiger partial charge >= 0.3 is 35.9 Å². The zero-order valence-electron chi connectivity index (χ0n) is 43.4. The first-order valence-corrected chi connectivity index (χ1v) is 26.3. The van der Waals surface area contributed by atoms with Crippen LogP contribution in [0.3, 0.4) is 0 Å². The summed E-state index contributed by atoms with van der Waals surface area (Å²) in [5, 5.41) is 19.3. The molecule has 3 aromatic carbocycles. The number of hydrogen-bond donors (Lipinski definition) is 4. The Labute approximate surface area is 444 Å². The van der Waals surface area contributed by atoms with Gasteiger partial charge in [-0.15, -0.1) is 0 Å². The summed E-state index contributed by atoms with van der Waals surface area (Å²) in [5.41, 5.74) is -8.38. The fourth-order valence-corrected chi connectivity index (χ4v) is 11.9. The average Bonchev–Trinajstić information content (AvgIpc) is 3.45. The van der Waals surface area contributed by atoms with Gasteiger partial charge in [0.05, 0.1) is 29.3 Å². The fraction of sp³-hybridized carbons (Fsp3) is 0.481. The molecule has 77 heavy (non-hydrogen) atoms. The van der Waals surface area contributed by atoms with Crippen molar-refractivity contribution in [3.8, 4) is 0 Å². The van der Waals surface area contributed by atoms with Crippen molar-refractivity contribution in [2.24, 2.45) is 16.7 Å². The number of methoxy groups -OCH3 is 1. The molecule has 2 amide bonds. The van der Waals surface area contributed by atoms with E-state index in [1.54, 1.807) is 66.7 Å². The van der Waals surface area contributed by atoms with E-state index in [0.717, 1.165) is 13.8 Å². The Morgan fingerprint density at radius 3 is 2.00 bits per heavy atom. The molecule has 23 heteroatoms. The molecule has 3 aromatic rings. The molecule has 0 radical (unpaired) electrons. The third-order valence-electron chi connectivity index (χ3n) is 15.0. The first-order chi connectivity index (χ1) is 36.3. The summed E-state index contributed by atoms with van der Waals surface area (Å²) in [5.74, 6) is -9.45. The summed E-state index contributed by atoms with van der Waals surface area (Å²) in [6, 6.07) is 22.1. The summed E-state index contributed by atoms with van der Waals surface area (Å²) in [6.45, 7) is 6.42. The Hall–Kier alpha value is -7.05. The van der Waals surface area contributed by atoms with E-state index >= 15 is 9.59 Å². The molecule has 0 unspecified atom stereocenters. The van der Waals surface area contributed by atoms with Crippen molar-refractivity contribution in [3.05, 3.63) is 119 Å². The Morgan fingerprint density at radius 1 is 0.831 bits per heavy atom. The molecule has 3 aliphatic carbocycles. The van der Waals surface area contributed by atoms with Gasteiger partial charge in [-0.1, -0.05) is 80.6 Å². The third-order valence-corrected chi connectivity index (χ3v) is 15.8. The fourth-order valence-electron chi connectivity index (χ4n) is 11.3. The predicted octanol–water partition coefficient (Wildman–Crippen LogP) is 3.94. The smallest absolute Gasteiger partial charge is 0.407 e. The Bertz CT molecular complexity index is 2900. The molecule has 1 saturated heterocycles. The number of carbonyl (C=O) groups excluding carboxylic acids is 8. The van der Waals surface area contributed by atoms with E-state index in [2.05, 4.69) is 10.6 Å². The molecule has 1 heterocycles. The minimum absolute atomic E-state index is 0.0337. The van der Waals surface area contributed by atoms with Gasteiger partial charge in [-0.25, -0.2) is 19.2 Å². The van der Waals surface area contributed by atoms with E-state index in [0.29, 0.717) is 0 Å². The second kappa shape index (κ2) is 22.9. The number of alkyl carbamates (subject to hydrolysis) is 1. The predicted molar refractivity (Wildman–Crippen MR) is 267 cm³/mol. The standard InChI is InChI=1S/C54H62N2O20S/c1-30-36(72-49(63)43(74-39(59)28-69-7)41(33-18-11-8-12-19-33)56-47(61)34-20-13-9-14-21-34)27-54(65)46(75-48(62)35-22-15-10-16-23-35)44-52(6,45(60)42(71-31(2)57)40(30)51(54,4)5)37(26-38-53(44,29-70-38)76-32(3)58)73-50(64)55-24-17-25-77(66,67)68/h8-16,18-23,36-38,41-44,46,65H,17,24-29H2,1-7H3,(H,55,64)(H,56,61)(H,66,67,68)/t36-,37-,38+,41-,42+,43+,44-,46-,52+,53-,54+/m0/s1. The number of rotatable bonds is 18. The maximum atomic E-state index is 16.2. The molecule has 0 spiro atoms. The molecule has 2 bridgehead atoms. The number of amides is 2. The second-order valence-corrected chi connectivity index (χ2v) is 21.8. The Kier molecular flexibility index (Phi) is 17.1. The molecule has 3 fully saturated rings. The lowest BCUT2D eigenvalue weighted by molar-refractivity contribution is -0.345. The summed E-state index contributed by atoms with van der Waals surface area (Å²) in [4.78, 5) is 114. The van der Waals surface area contributed by atoms with Gasteiger partial charge in [-0.05, 0) is 61.2 Å². The van der Waals surface area contributed by atoms with Gasteiger partial charge in [0.2, 0.25) is 6.10 Å². The number of hydrogen-bond acceptors (Lipinski definition) is 19. The SMILES string of the molecule is COCC(=O)O[C@@H](C(=O)O[C@H]1C[C@@]2(O)[C@@H](OC(=O)c3ccccc3)[C@@H]3[C@]4(OC(C)=O)CO[C@@H]4C[C@H](OC(=O)NCCCS(=O)(=O)O)[C@@]3(C)C(=O)[C@H](OC(C)=O)C(=C1C)C2(C)C)[C@@H](NC(=O)c1ccccc1)c1ccccc1. The van der Waals surface area contributed by atoms with Crippen molar-refractivity contribution in [2.45, 2.75) is 115 Å². The van der Waals surface area contributed by atoms with Crippen molar-refractivity contribution in [1.29, 1.82) is 0 Å². The number of Topliss-reactive ketones (excluding diaryl/α,β-unsaturated/α-hetero) is 1. The number of carbonyl (C=O) groups is 8. The number of esters is 5. The number of nitrogens with one attached hydrogen (secondary N) is 2. The molecule has 4 aliphatic rings. The minimum Gasteiger partial charge on any atom is -0.455 e. The van der Waals surface area contributed by atoms with Crippen LogP contribution in [0.15, 0.2) is 102 Å². The normalized spacial score (nSPS) is 27.9. The number of fused-ring (bicyclic) bond motifs is 5. The zero-order valence-corrected chi connectivity index (χ0v) is 44.2. The summed E-state index contributed by atoms with van der Waals surface area (Å²) < 4.78 is 80.1. The quantitative estimate of drug-likeness (QED) is 0.0461. The molecule has 7 rings (SSSR count). The molecule has 11 atom stereocenters. The van der Waals surface area contributed by atoms with E-state index in [1.807, 2.05) is 0 Å². The molecule has 1 aliphatic heterocycles. The van der Waals surface area contributed by atoms with Crippen LogP contribution in [-0.2, 0) is 72.0 Å². The Balaban J connectivity index is 1.43. The topological polar surface area (TPSA) is 309 Å². The van der Waals surface area contributed by atoms with E-state index in [1.165, 1.54) is 59.1 Å². The monoisotopic (exact) mass is 1090 g/mol. The third kappa shape index (κ3) is 11.6. The largest absolute Gasteiger partial charge is 0.455 e. The minimum atomic E-state index is -4.42. The van der Waals surface area contributed by atoms with Crippen LogP contribution in [0.4, 0.5) is 4.79 Å². The van der Waals surface area contributed by atoms with Gasteiger partial charge < -0.3 is 53.6 Å². The maximum absolute atomic E-state index is 16.2. The lowest BCUT2D eigenvalue weighted by Gasteiger charge is -2.67. The second-order valence-electron chi connectivity index (χ2n) is 20.2. The van der Waals surface area contributed by atoms with Gasteiger partial charge in [0, 0.05) is 51.3 Å². The van der Waals surface area contributed by atoms with E-state index < -0.39 is 154 Å². The molecule has 4 N–H and O–H groups in total. The zero-order chi connectivity index (χ0) is 56.3. The van der Waals surface area contributed by atoms with Gasteiger partial charge in [-0.2, -0.15) is 8.42 Å². The first kappa shape index (κ1) is 57.7. The highest BCUT2D eigenvalue weighted by molar-refractivity contribution is 7.85. The van der Waals surface area contributed by atoms with Crippen LogP contribution in [-0.4, -0.2) is 146 Å². The van der Waals surface area contributed by atoms with Crippen LogP contribution < -0.4 is 10.6 Å². The van der Waals surface area contributed by atoms with Gasteiger partial charge in [0.1, 0.15) is 42.7 Å². The van der Waals surface area contributed by atoms with Gasteiger partial charge in [0.15, 0.2) is 17.5 Å². The van der Waals surface area contributed by atoms with Crippen molar-refractivity contribution >= 4 is 57.7 Å². The van der Waals surface area contributed by atoms with Crippen molar-refractivity contribution in [1.82, 2.24) is 10.6 Å². The van der Waals surface area contributed by atoms with Crippen LogP contribution in [0.5, 0.6) is 0 Å². The van der Waals surface area contributed by atoms with Crippen LogP contribution >= 0.6 is 0 Å². The molecule has 414 valence electrons. The van der Waals surface area contributed by atoms with Crippen molar-refractivity contribution in [2.75, 3.05) is 32.6 Å².